The summed E-state index contributed by atoms with van der Waals surface area (Å²) >= 11 is 0. The molecule has 0 atom stereocenters. The Morgan fingerprint density at radius 2 is 2.45 bits per heavy atom. The van der Waals surface area contributed by atoms with Crippen molar-refractivity contribution in [1.29, 1.82) is 0 Å². The zero-order valence-electron chi connectivity index (χ0n) is 6.85. The molecule has 0 aliphatic rings. The maximum atomic E-state index is 10.9. The Kier molecular flexibility index (Phi) is 2.48. The first-order valence-corrected chi connectivity index (χ1v) is 3.63. The van der Waals surface area contributed by atoms with E-state index in [0.717, 1.165) is 18.7 Å². The summed E-state index contributed by atoms with van der Waals surface area (Å²) in [6, 6.07) is 1.62. The van der Waals surface area contributed by atoms with Gasteiger partial charge in [0.05, 0.1) is 0 Å². The summed E-state index contributed by atoms with van der Waals surface area (Å²) in [6.45, 7) is 0.889. The van der Waals surface area contributed by atoms with E-state index in [2.05, 4.69) is 10.4 Å². The summed E-state index contributed by atoms with van der Waals surface area (Å²) in [7, 11) is 3.60. The van der Waals surface area contributed by atoms with E-state index in [1.807, 2.05) is 7.05 Å². The maximum Gasteiger partial charge on any atom is 0.266 e. The van der Waals surface area contributed by atoms with Crippen LogP contribution < -0.4 is 10.9 Å². The highest BCUT2D eigenvalue weighted by atomic mass is 16.1. The fraction of sp³-hybridized carbons (Fsp3) is 0.571. The highest BCUT2D eigenvalue weighted by Crippen LogP contribution is 1.88. The Balaban J connectivity index is 2.65. The van der Waals surface area contributed by atoms with Crippen molar-refractivity contribution >= 4 is 0 Å². The second kappa shape index (κ2) is 3.39. The quantitative estimate of drug-likeness (QED) is 0.617. The van der Waals surface area contributed by atoms with Crippen LogP contribution in [0.1, 0.15) is 5.69 Å². The molecule has 0 saturated carbocycles. The highest BCUT2D eigenvalue weighted by Gasteiger charge is 1.97. The summed E-state index contributed by atoms with van der Waals surface area (Å²) in [6.07, 6.45) is 0.868. The lowest BCUT2D eigenvalue weighted by Gasteiger charge is -1.94. The number of nitrogens with zero attached hydrogens (tertiary/aromatic N) is 1. The molecule has 1 aromatic rings. The van der Waals surface area contributed by atoms with Crippen LogP contribution in [0, 0.1) is 0 Å². The average Bonchev–Trinajstić information content (AvgIpc) is 2.28. The van der Waals surface area contributed by atoms with Crippen LogP contribution in [-0.2, 0) is 13.5 Å². The van der Waals surface area contributed by atoms with E-state index < -0.39 is 0 Å². The molecular formula is C7H13N3O. The SMILES string of the molecule is CNCCc1cc(=O)n(C)[nH]1. The van der Waals surface area contributed by atoms with Crippen LogP contribution >= 0.6 is 0 Å². The van der Waals surface area contributed by atoms with Crippen LogP contribution in [-0.4, -0.2) is 23.4 Å². The van der Waals surface area contributed by atoms with E-state index in [1.54, 1.807) is 13.1 Å². The van der Waals surface area contributed by atoms with E-state index >= 15 is 0 Å². The smallest absolute Gasteiger partial charge is 0.266 e. The third kappa shape index (κ3) is 1.94. The number of H-pyrrole nitrogens is 1. The van der Waals surface area contributed by atoms with Crippen molar-refractivity contribution in [1.82, 2.24) is 15.1 Å². The lowest BCUT2D eigenvalue weighted by Crippen LogP contribution is -2.11. The summed E-state index contributed by atoms with van der Waals surface area (Å²) in [5.74, 6) is 0. The molecule has 0 fully saturated rings. The van der Waals surface area contributed by atoms with Crippen molar-refractivity contribution < 1.29 is 0 Å². The van der Waals surface area contributed by atoms with Gasteiger partial charge in [-0.3, -0.25) is 14.6 Å². The first kappa shape index (κ1) is 8.07. The second-order valence-electron chi connectivity index (χ2n) is 2.53. The van der Waals surface area contributed by atoms with Crippen molar-refractivity contribution in [2.45, 2.75) is 6.42 Å². The highest BCUT2D eigenvalue weighted by molar-refractivity contribution is 4.99. The van der Waals surface area contributed by atoms with Gasteiger partial charge in [-0.05, 0) is 7.05 Å². The molecule has 11 heavy (non-hydrogen) atoms. The fourth-order valence-electron chi connectivity index (χ4n) is 0.936. The van der Waals surface area contributed by atoms with E-state index in [1.165, 1.54) is 4.68 Å². The van der Waals surface area contributed by atoms with Crippen LogP contribution in [0.15, 0.2) is 10.9 Å². The Labute approximate surface area is 65.2 Å². The second-order valence-corrected chi connectivity index (χ2v) is 2.53. The summed E-state index contributed by atoms with van der Waals surface area (Å²) in [4.78, 5) is 10.9. The molecule has 0 radical (unpaired) electrons. The number of nitrogens with one attached hydrogen (secondary N) is 2. The molecule has 0 spiro atoms. The van der Waals surface area contributed by atoms with Crippen molar-refractivity contribution in [2.75, 3.05) is 13.6 Å². The number of likely N-dealkylation sites (N-methyl/N-ethyl adjacent to an activating group) is 1. The number of rotatable bonds is 3. The molecule has 1 heterocycles. The average molecular weight is 155 g/mol. The number of aryl methyl sites for hydroxylation is 1. The maximum absolute atomic E-state index is 10.9. The third-order valence-corrected chi connectivity index (χ3v) is 1.58. The lowest BCUT2D eigenvalue weighted by atomic mass is 10.3. The lowest BCUT2D eigenvalue weighted by molar-refractivity contribution is 0.702. The first-order chi connectivity index (χ1) is 5.24. The van der Waals surface area contributed by atoms with Crippen LogP contribution in [0.5, 0.6) is 0 Å². The number of hydrogen-bond acceptors (Lipinski definition) is 2. The van der Waals surface area contributed by atoms with Crippen LogP contribution in [0.2, 0.25) is 0 Å². The molecule has 0 unspecified atom stereocenters. The van der Waals surface area contributed by atoms with E-state index in [0.29, 0.717) is 0 Å². The predicted molar refractivity (Wildman–Crippen MR) is 43.7 cm³/mol. The number of aromatic amines is 1. The standard InChI is InChI=1S/C7H13N3O/c1-8-4-3-6-5-7(11)10(2)9-6/h5,8-9H,3-4H2,1-2H3. The van der Waals surface area contributed by atoms with Gasteiger partial charge in [-0.1, -0.05) is 0 Å². The molecule has 4 nitrogen and oxygen atoms in total. The van der Waals surface area contributed by atoms with E-state index in [-0.39, 0.29) is 5.56 Å². The minimum absolute atomic E-state index is 0.0242. The molecule has 0 aliphatic carbocycles. The zero-order chi connectivity index (χ0) is 8.27. The number of aromatic nitrogens is 2. The summed E-state index contributed by atoms with van der Waals surface area (Å²) < 4.78 is 1.48. The van der Waals surface area contributed by atoms with Gasteiger partial charge < -0.3 is 5.32 Å². The van der Waals surface area contributed by atoms with Crippen LogP contribution in [0.3, 0.4) is 0 Å². The molecule has 62 valence electrons. The van der Waals surface area contributed by atoms with Crippen molar-refractivity contribution in [3.8, 4) is 0 Å². The van der Waals surface area contributed by atoms with Gasteiger partial charge in [0.2, 0.25) is 0 Å². The van der Waals surface area contributed by atoms with Gasteiger partial charge in [0.15, 0.2) is 0 Å². The largest absolute Gasteiger partial charge is 0.319 e. The molecule has 0 bridgehead atoms. The Hall–Kier alpha value is -1.03. The van der Waals surface area contributed by atoms with E-state index in [4.69, 9.17) is 0 Å². The molecule has 1 rings (SSSR count). The summed E-state index contributed by atoms with van der Waals surface area (Å²) in [5.41, 5.74) is 1.00. The van der Waals surface area contributed by atoms with Gasteiger partial charge in [-0.2, -0.15) is 0 Å². The molecule has 4 heteroatoms. The monoisotopic (exact) mass is 155 g/mol. The third-order valence-electron chi connectivity index (χ3n) is 1.58. The number of hydrogen-bond donors (Lipinski definition) is 2. The fourth-order valence-corrected chi connectivity index (χ4v) is 0.936. The van der Waals surface area contributed by atoms with Crippen molar-refractivity contribution in [2.24, 2.45) is 7.05 Å². The Morgan fingerprint density at radius 3 is 2.91 bits per heavy atom. The normalized spacial score (nSPS) is 10.4. The van der Waals surface area contributed by atoms with Gasteiger partial charge in [-0.15, -0.1) is 0 Å². The molecular weight excluding hydrogens is 142 g/mol. The van der Waals surface area contributed by atoms with Gasteiger partial charge in [0, 0.05) is 31.8 Å². The molecule has 0 aromatic carbocycles. The molecule has 1 aromatic heterocycles. The zero-order valence-corrected chi connectivity index (χ0v) is 6.85. The van der Waals surface area contributed by atoms with Crippen molar-refractivity contribution in [3.63, 3.8) is 0 Å². The molecule has 0 saturated heterocycles. The van der Waals surface area contributed by atoms with Gasteiger partial charge >= 0.3 is 0 Å². The van der Waals surface area contributed by atoms with Gasteiger partial charge in [-0.25, -0.2) is 0 Å². The summed E-state index contributed by atoms with van der Waals surface area (Å²) in [5, 5.41) is 5.96. The van der Waals surface area contributed by atoms with Gasteiger partial charge in [0.25, 0.3) is 5.56 Å². The minimum Gasteiger partial charge on any atom is -0.319 e. The minimum atomic E-state index is 0.0242. The van der Waals surface area contributed by atoms with Gasteiger partial charge in [0.1, 0.15) is 0 Å². The van der Waals surface area contributed by atoms with Crippen molar-refractivity contribution in [3.05, 3.63) is 22.1 Å². The molecule has 0 aliphatic heterocycles. The predicted octanol–water partition coefficient (Wildman–Crippen LogP) is -0.525. The molecule has 2 N–H and O–H groups in total. The van der Waals surface area contributed by atoms with Crippen LogP contribution in [0.25, 0.3) is 0 Å². The topological polar surface area (TPSA) is 49.8 Å². The first-order valence-electron chi connectivity index (χ1n) is 3.63. The Bertz CT molecular complexity index is 273. The van der Waals surface area contributed by atoms with Crippen LogP contribution in [0.4, 0.5) is 0 Å². The molecule has 0 amide bonds. The Morgan fingerprint density at radius 1 is 1.73 bits per heavy atom. The van der Waals surface area contributed by atoms with E-state index in [9.17, 15) is 4.79 Å².